The second kappa shape index (κ2) is 15.0. The molecule has 2 amide bonds. The second-order valence-corrected chi connectivity index (χ2v) is 11.8. The fourth-order valence-electron chi connectivity index (χ4n) is 5.52. The quantitative estimate of drug-likeness (QED) is 0.212. The van der Waals surface area contributed by atoms with Crippen LogP contribution in [0.5, 0.6) is 11.8 Å². The summed E-state index contributed by atoms with van der Waals surface area (Å²) >= 11 is 14.2. The molecule has 1 saturated heterocycles. The van der Waals surface area contributed by atoms with Crippen LogP contribution in [0, 0.1) is 5.92 Å². The topological polar surface area (TPSA) is 166 Å². The van der Waals surface area contributed by atoms with Gasteiger partial charge in [0.2, 0.25) is 23.6 Å². The van der Waals surface area contributed by atoms with Crippen LogP contribution < -0.4 is 31.2 Å². The van der Waals surface area contributed by atoms with Crippen LogP contribution in [0.4, 0.5) is 0 Å². The van der Waals surface area contributed by atoms with Crippen molar-refractivity contribution in [1.29, 1.82) is 0 Å². The van der Waals surface area contributed by atoms with Gasteiger partial charge in [-0.1, -0.05) is 54.4 Å². The number of primary amides is 1. The highest BCUT2D eigenvalue weighted by molar-refractivity contribution is 6.41. The molecule has 0 radical (unpaired) electrons. The molecule has 0 saturated carbocycles. The highest BCUT2D eigenvalue weighted by atomic mass is 35.5. The molecule has 14 heteroatoms. The van der Waals surface area contributed by atoms with E-state index in [0.717, 1.165) is 17.6 Å². The highest BCUT2D eigenvalue weighted by Gasteiger charge is 2.27. The molecule has 46 heavy (non-hydrogen) atoms. The lowest BCUT2D eigenvalue weighted by molar-refractivity contribution is -0.119. The zero-order valence-electron chi connectivity index (χ0n) is 25.8. The molecular weight excluding hydrogens is 631 g/mol. The number of aromatic nitrogens is 4. The maximum absolute atomic E-state index is 11.5. The monoisotopic (exact) mass is 666 g/mol. The summed E-state index contributed by atoms with van der Waals surface area (Å²) in [5.74, 6) is 0.374. The van der Waals surface area contributed by atoms with Gasteiger partial charge in [0.15, 0.2) is 0 Å². The van der Waals surface area contributed by atoms with Crippen LogP contribution in [-0.4, -0.2) is 65.1 Å². The van der Waals surface area contributed by atoms with Crippen molar-refractivity contribution < 1.29 is 19.1 Å². The van der Waals surface area contributed by atoms with Crippen molar-refractivity contribution in [2.75, 3.05) is 27.3 Å². The number of ether oxygens (including phenoxy) is 2. The smallest absolute Gasteiger partial charge is 0.237 e. The van der Waals surface area contributed by atoms with Crippen LogP contribution in [0.1, 0.15) is 48.8 Å². The van der Waals surface area contributed by atoms with Gasteiger partial charge in [-0.3, -0.25) is 19.6 Å². The predicted octanol–water partition coefficient (Wildman–Crippen LogP) is 3.62. The number of carbonyl (C=O) groups is 2. The zero-order valence-corrected chi connectivity index (χ0v) is 27.3. The van der Waals surface area contributed by atoms with Gasteiger partial charge in [-0.05, 0) is 29.9 Å². The molecule has 1 aliphatic heterocycles. The number of allylic oxidation sites excluding steroid dienone is 4. The first-order valence-electron chi connectivity index (χ1n) is 14.9. The number of halogens is 2. The molecule has 1 unspecified atom stereocenters. The number of hydrogen-bond donors (Lipinski definition) is 4. The molecule has 1 aliphatic carbocycles. The van der Waals surface area contributed by atoms with Gasteiger partial charge in [0, 0.05) is 43.2 Å². The van der Waals surface area contributed by atoms with Gasteiger partial charge in [-0.25, -0.2) is 9.97 Å². The number of hydrogen-bond acceptors (Lipinski definition) is 10. The van der Waals surface area contributed by atoms with Gasteiger partial charge in [-0.2, -0.15) is 0 Å². The van der Waals surface area contributed by atoms with Crippen molar-refractivity contribution in [3.8, 4) is 23.0 Å². The Morgan fingerprint density at radius 3 is 2.33 bits per heavy atom. The molecular formula is C32H36Cl2N8O4. The number of nitrogens with zero attached hydrogens (tertiary/aromatic N) is 4. The Kier molecular flexibility index (Phi) is 10.8. The van der Waals surface area contributed by atoms with Crippen molar-refractivity contribution in [3.05, 3.63) is 69.4 Å². The third kappa shape index (κ3) is 7.47. The molecule has 2 aromatic heterocycles. The molecule has 0 bridgehead atoms. The van der Waals surface area contributed by atoms with Gasteiger partial charge in [-0.15, -0.1) is 0 Å². The maximum Gasteiger partial charge on any atom is 0.237 e. The number of nitrogens with one attached hydrogen (secondary N) is 3. The Balaban J connectivity index is 1.40. The van der Waals surface area contributed by atoms with Gasteiger partial charge < -0.3 is 31.2 Å². The van der Waals surface area contributed by atoms with Gasteiger partial charge >= 0.3 is 0 Å². The second-order valence-electron chi connectivity index (χ2n) is 11.1. The van der Waals surface area contributed by atoms with Crippen LogP contribution >= 0.6 is 23.2 Å². The van der Waals surface area contributed by atoms with Crippen molar-refractivity contribution in [3.63, 3.8) is 0 Å². The Bertz CT molecular complexity index is 1700. The van der Waals surface area contributed by atoms with Crippen LogP contribution in [0.3, 0.4) is 0 Å². The van der Waals surface area contributed by atoms with Crippen molar-refractivity contribution >= 4 is 46.2 Å². The molecule has 1 aromatic carbocycles. The van der Waals surface area contributed by atoms with Crippen LogP contribution in [0.25, 0.3) is 22.4 Å². The first-order chi connectivity index (χ1) is 22.2. The summed E-state index contributed by atoms with van der Waals surface area (Å²) in [4.78, 5) is 41.1. The van der Waals surface area contributed by atoms with Crippen molar-refractivity contribution in [1.82, 2.24) is 35.9 Å². The molecule has 2 atom stereocenters. The molecule has 1 fully saturated rings. The van der Waals surface area contributed by atoms with E-state index in [2.05, 4.69) is 37.8 Å². The highest BCUT2D eigenvalue weighted by Crippen LogP contribution is 2.46. The molecule has 2 aliphatic rings. The minimum Gasteiger partial charge on any atom is -0.480 e. The maximum atomic E-state index is 11.5. The number of carbonyl (C=O) groups excluding carboxylic acids is 2. The summed E-state index contributed by atoms with van der Waals surface area (Å²) in [5.41, 5.74) is 10.6. The molecule has 5 rings (SSSR count). The van der Waals surface area contributed by atoms with Crippen molar-refractivity contribution in [2.45, 2.75) is 45.3 Å². The van der Waals surface area contributed by atoms with E-state index < -0.39 is 5.91 Å². The lowest BCUT2D eigenvalue weighted by Gasteiger charge is -2.25. The first-order valence-corrected chi connectivity index (χ1v) is 15.6. The SMILES string of the molecule is COc1nc(C2=CCC(C)C(c3cccc(-c4cnc(CNC[C@@H]5CCC(=O)N5)c(OC)n4)c3Cl)=C2Cl)cnc1CNCC(N)=O. The average molecular weight is 668 g/mol. The summed E-state index contributed by atoms with van der Waals surface area (Å²) in [7, 11) is 3.06. The fourth-order valence-corrected chi connectivity index (χ4v) is 6.31. The van der Waals surface area contributed by atoms with Crippen LogP contribution in [-0.2, 0) is 22.7 Å². The number of benzene rings is 1. The van der Waals surface area contributed by atoms with E-state index in [1.165, 1.54) is 7.11 Å². The summed E-state index contributed by atoms with van der Waals surface area (Å²) < 4.78 is 11.1. The Hall–Kier alpha value is -4.10. The van der Waals surface area contributed by atoms with Crippen LogP contribution in [0.15, 0.2) is 41.7 Å². The molecule has 0 spiro atoms. The Labute approximate surface area is 277 Å². The van der Waals surface area contributed by atoms with E-state index in [9.17, 15) is 9.59 Å². The lowest BCUT2D eigenvalue weighted by Crippen LogP contribution is -2.35. The van der Waals surface area contributed by atoms with E-state index in [0.29, 0.717) is 81.7 Å². The van der Waals surface area contributed by atoms with E-state index in [1.807, 2.05) is 24.3 Å². The predicted molar refractivity (Wildman–Crippen MR) is 176 cm³/mol. The standard InChI is InChI=1S/C32H36Cl2N8O4/c1-17-7-9-20(23-15-39-25(32(42-23)46-3)13-37-16-26(35)43)30(34)28(17)21-6-4-5-19(29(21)33)22-14-38-24(31(41-22)45-2)12-36-11-18-8-10-27(44)40-18/h4-6,9,14-15,17-18,36-37H,7-8,10-13,16H2,1-3H3,(H2,35,43)(H,40,44)/t17?,18-/m0/s1. The number of methoxy groups -OCH3 is 2. The summed E-state index contributed by atoms with van der Waals surface area (Å²) in [5, 5.41) is 10.2. The van der Waals surface area contributed by atoms with E-state index in [4.69, 9.17) is 43.4 Å². The average Bonchev–Trinajstić information content (AvgIpc) is 3.46. The lowest BCUT2D eigenvalue weighted by atomic mass is 9.84. The first kappa shape index (κ1) is 33.3. The summed E-state index contributed by atoms with van der Waals surface area (Å²) in [6, 6.07) is 5.84. The third-order valence-electron chi connectivity index (χ3n) is 7.85. The van der Waals surface area contributed by atoms with Gasteiger partial charge in [0.05, 0.1) is 54.6 Å². The fraction of sp³-hybridized carbons (Fsp3) is 0.375. The van der Waals surface area contributed by atoms with E-state index >= 15 is 0 Å². The summed E-state index contributed by atoms with van der Waals surface area (Å²) in [6.45, 7) is 3.43. The summed E-state index contributed by atoms with van der Waals surface area (Å²) in [6.07, 6.45) is 7.40. The number of amides is 2. The zero-order chi connectivity index (χ0) is 32.8. The van der Waals surface area contributed by atoms with Crippen molar-refractivity contribution in [2.24, 2.45) is 11.7 Å². The number of nitrogens with two attached hydrogens (primary N) is 1. The third-order valence-corrected chi connectivity index (χ3v) is 8.67. The molecule has 3 aromatic rings. The number of rotatable bonds is 13. The minimum atomic E-state index is -0.471. The normalized spacial score (nSPS) is 17.9. The van der Waals surface area contributed by atoms with Gasteiger partial charge in [0.25, 0.3) is 0 Å². The molecule has 12 nitrogen and oxygen atoms in total. The molecule has 242 valence electrons. The van der Waals surface area contributed by atoms with E-state index in [1.54, 1.807) is 19.5 Å². The van der Waals surface area contributed by atoms with E-state index in [-0.39, 0.29) is 31.0 Å². The Morgan fingerprint density at radius 1 is 1.02 bits per heavy atom. The van der Waals surface area contributed by atoms with Crippen LogP contribution in [0.2, 0.25) is 5.02 Å². The molecule has 5 N–H and O–H groups in total. The largest absolute Gasteiger partial charge is 0.480 e. The molecule has 3 heterocycles. The minimum absolute atomic E-state index is 0.00937. The Morgan fingerprint density at radius 2 is 1.67 bits per heavy atom. The van der Waals surface area contributed by atoms with Gasteiger partial charge in [0.1, 0.15) is 11.4 Å².